The molecule has 0 atom stereocenters. The lowest BCUT2D eigenvalue weighted by Gasteiger charge is -2.10. The van der Waals surface area contributed by atoms with Gasteiger partial charge in [-0.25, -0.2) is 18.7 Å². The molecule has 0 amide bonds. The number of anilines is 1. The number of halogens is 2. The van der Waals surface area contributed by atoms with Crippen LogP contribution in [0.15, 0.2) is 6.07 Å². The molecule has 1 heterocycles. The van der Waals surface area contributed by atoms with Gasteiger partial charge in [0.15, 0.2) is 0 Å². The molecule has 0 bridgehead atoms. The van der Waals surface area contributed by atoms with Crippen LogP contribution in [-0.4, -0.2) is 16.5 Å². The molecular formula is C13H19F2N3. The molecule has 1 aromatic rings. The average molecular weight is 255 g/mol. The standard InChI is InChI=1S/C13H19F2N3/c1-8(2)5-6-16-11-7-10(12(14)15)17-13(18-11)9-3-4-9/h7-9,12H,3-6H2,1-2H3,(H,16,17,18). The number of nitrogens with one attached hydrogen (secondary N) is 1. The summed E-state index contributed by atoms with van der Waals surface area (Å²) in [5, 5.41) is 3.11. The smallest absolute Gasteiger partial charge is 0.280 e. The molecule has 100 valence electrons. The predicted octanol–water partition coefficient (Wildman–Crippen LogP) is 3.75. The Bertz CT molecular complexity index is 383. The first-order chi connectivity index (χ1) is 8.56. The summed E-state index contributed by atoms with van der Waals surface area (Å²) in [6.45, 7) is 5.01. The summed E-state index contributed by atoms with van der Waals surface area (Å²) in [5.41, 5.74) is -0.168. The van der Waals surface area contributed by atoms with E-state index in [0.717, 1.165) is 25.8 Å². The van der Waals surface area contributed by atoms with Gasteiger partial charge in [-0.15, -0.1) is 0 Å². The molecule has 0 unspecified atom stereocenters. The van der Waals surface area contributed by atoms with E-state index in [0.29, 0.717) is 17.6 Å². The topological polar surface area (TPSA) is 37.8 Å². The minimum Gasteiger partial charge on any atom is -0.370 e. The molecule has 1 aliphatic carbocycles. The van der Waals surface area contributed by atoms with Gasteiger partial charge >= 0.3 is 0 Å². The fourth-order valence-corrected chi connectivity index (χ4v) is 1.70. The maximum Gasteiger partial charge on any atom is 0.280 e. The largest absolute Gasteiger partial charge is 0.370 e. The van der Waals surface area contributed by atoms with Crippen LogP contribution in [0.1, 0.15) is 57.0 Å². The van der Waals surface area contributed by atoms with E-state index in [1.165, 1.54) is 6.07 Å². The van der Waals surface area contributed by atoms with Gasteiger partial charge < -0.3 is 5.32 Å². The van der Waals surface area contributed by atoms with Crippen molar-refractivity contribution >= 4 is 5.82 Å². The second-order valence-electron chi connectivity index (χ2n) is 5.22. The summed E-state index contributed by atoms with van der Waals surface area (Å²) >= 11 is 0. The maximum atomic E-state index is 12.7. The van der Waals surface area contributed by atoms with Gasteiger partial charge in [-0.3, -0.25) is 0 Å². The molecule has 0 saturated heterocycles. The van der Waals surface area contributed by atoms with Crippen molar-refractivity contribution in [2.45, 2.75) is 45.5 Å². The second kappa shape index (κ2) is 5.59. The third kappa shape index (κ3) is 3.62. The Labute approximate surface area is 106 Å². The van der Waals surface area contributed by atoms with Crippen LogP contribution in [-0.2, 0) is 0 Å². The quantitative estimate of drug-likeness (QED) is 0.841. The summed E-state index contributed by atoms with van der Waals surface area (Å²) < 4.78 is 25.5. The highest BCUT2D eigenvalue weighted by molar-refractivity contribution is 5.37. The van der Waals surface area contributed by atoms with E-state index in [2.05, 4.69) is 29.1 Å². The Morgan fingerprint density at radius 3 is 2.61 bits per heavy atom. The summed E-state index contributed by atoms with van der Waals surface area (Å²) in [5.74, 6) is 1.97. The van der Waals surface area contributed by atoms with E-state index >= 15 is 0 Å². The molecule has 0 spiro atoms. The van der Waals surface area contributed by atoms with Gasteiger partial charge in [0.1, 0.15) is 17.3 Å². The van der Waals surface area contributed by atoms with Crippen LogP contribution in [0.2, 0.25) is 0 Å². The zero-order valence-corrected chi connectivity index (χ0v) is 10.8. The first-order valence-electron chi connectivity index (χ1n) is 6.47. The molecule has 1 aliphatic rings. The van der Waals surface area contributed by atoms with Crippen molar-refractivity contribution in [3.63, 3.8) is 0 Å². The van der Waals surface area contributed by atoms with Crippen molar-refractivity contribution < 1.29 is 8.78 Å². The van der Waals surface area contributed by atoms with Gasteiger partial charge in [-0.2, -0.15) is 0 Å². The first kappa shape index (κ1) is 13.2. The molecular weight excluding hydrogens is 236 g/mol. The Kier molecular flexibility index (Phi) is 4.09. The molecule has 1 saturated carbocycles. The number of rotatable bonds is 6. The van der Waals surface area contributed by atoms with E-state index in [4.69, 9.17) is 0 Å². The normalized spacial score (nSPS) is 15.4. The zero-order chi connectivity index (χ0) is 13.1. The molecule has 2 rings (SSSR count). The summed E-state index contributed by atoms with van der Waals surface area (Å²) in [4.78, 5) is 8.26. The third-order valence-electron chi connectivity index (χ3n) is 2.96. The lowest BCUT2D eigenvalue weighted by molar-refractivity contribution is 0.145. The fourth-order valence-electron chi connectivity index (χ4n) is 1.70. The summed E-state index contributed by atoms with van der Waals surface area (Å²) in [7, 11) is 0. The number of aromatic nitrogens is 2. The van der Waals surface area contributed by atoms with Crippen molar-refractivity contribution in [3.8, 4) is 0 Å². The lowest BCUT2D eigenvalue weighted by atomic mass is 10.1. The molecule has 0 radical (unpaired) electrons. The Balaban J connectivity index is 2.07. The summed E-state index contributed by atoms with van der Waals surface area (Å²) in [6, 6.07) is 1.36. The van der Waals surface area contributed by atoms with E-state index in [-0.39, 0.29) is 11.6 Å². The molecule has 1 fully saturated rings. The van der Waals surface area contributed by atoms with Crippen LogP contribution < -0.4 is 5.32 Å². The van der Waals surface area contributed by atoms with Gasteiger partial charge in [0.25, 0.3) is 6.43 Å². The highest BCUT2D eigenvalue weighted by Crippen LogP contribution is 2.39. The Morgan fingerprint density at radius 1 is 1.33 bits per heavy atom. The zero-order valence-electron chi connectivity index (χ0n) is 10.8. The second-order valence-corrected chi connectivity index (χ2v) is 5.22. The van der Waals surface area contributed by atoms with Crippen LogP contribution in [0, 0.1) is 5.92 Å². The van der Waals surface area contributed by atoms with E-state index in [9.17, 15) is 8.78 Å². The van der Waals surface area contributed by atoms with Crippen molar-refractivity contribution in [1.29, 1.82) is 0 Å². The van der Waals surface area contributed by atoms with Crippen molar-refractivity contribution in [3.05, 3.63) is 17.6 Å². The molecule has 1 N–H and O–H groups in total. The van der Waals surface area contributed by atoms with Crippen LogP contribution in [0.5, 0.6) is 0 Å². The van der Waals surface area contributed by atoms with Crippen molar-refractivity contribution in [2.75, 3.05) is 11.9 Å². The van der Waals surface area contributed by atoms with Crippen LogP contribution in [0.3, 0.4) is 0 Å². The minimum atomic E-state index is -2.53. The Morgan fingerprint density at radius 2 is 2.06 bits per heavy atom. The van der Waals surface area contributed by atoms with Gasteiger partial charge in [0, 0.05) is 18.5 Å². The van der Waals surface area contributed by atoms with Gasteiger partial charge in [0.2, 0.25) is 0 Å². The molecule has 0 aliphatic heterocycles. The molecule has 0 aromatic carbocycles. The number of nitrogens with zero attached hydrogens (tertiary/aromatic N) is 2. The van der Waals surface area contributed by atoms with E-state index in [1.54, 1.807) is 0 Å². The van der Waals surface area contributed by atoms with Gasteiger partial charge in [-0.1, -0.05) is 13.8 Å². The average Bonchev–Trinajstić information content (AvgIpc) is 3.11. The van der Waals surface area contributed by atoms with E-state index in [1.807, 2.05) is 0 Å². The van der Waals surface area contributed by atoms with Crippen LogP contribution >= 0.6 is 0 Å². The highest BCUT2D eigenvalue weighted by Gasteiger charge is 2.28. The SMILES string of the molecule is CC(C)CCNc1cc(C(F)F)nc(C2CC2)n1. The third-order valence-corrected chi connectivity index (χ3v) is 2.96. The monoisotopic (exact) mass is 255 g/mol. The van der Waals surface area contributed by atoms with Crippen molar-refractivity contribution in [2.24, 2.45) is 5.92 Å². The highest BCUT2D eigenvalue weighted by atomic mass is 19.3. The van der Waals surface area contributed by atoms with Crippen LogP contribution in [0.4, 0.5) is 14.6 Å². The minimum absolute atomic E-state index is 0.168. The van der Waals surface area contributed by atoms with Crippen molar-refractivity contribution in [1.82, 2.24) is 9.97 Å². The fraction of sp³-hybridized carbons (Fsp3) is 0.692. The number of hydrogen-bond acceptors (Lipinski definition) is 3. The number of alkyl halides is 2. The number of hydrogen-bond donors (Lipinski definition) is 1. The summed E-state index contributed by atoms with van der Waals surface area (Å²) in [6.07, 6.45) is 0.486. The molecule has 5 heteroatoms. The van der Waals surface area contributed by atoms with E-state index < -0.39 is 6.43 Å². The van der Waals surface area contributed by atoms with Gasteiger partial charge in [0.05, 0.1) is 0 Å². The lowest BCUT2D eigenvalue weighted by Crippen LogP contribution is -2.09. The molecule has 1 aromatic heterocycles. The first-order valence-corrected chi connectivity index (χ1v) is 6.47. The predicted molar refractivity (Wildman–Crippen MR) is 66.9 cm³/mol. The molecule has 3 nitrogen and oxygen atoms in total. The maximum absolute atomic E-state index is 12.7. The molecule has 18 heavy (non-hydrogen) atoms. The Hall–Kier alpha value is -1.26. The van der Waals surface area contributed by atoms with Gasteiger partial charge in [-0.05, 0) is 25.2 Å². The van der Waals surface area contributed by atoms with Crippen LogP contribution in [0.25, 0.3) is 0 Å².